The first-order valence-corrected chi connectivity index (χ1v) is 7.52. The molecule has 3 rings (SSSR count). The molecule has 0 saturated carbocycles. The highest BCUT2D eigenvalue weighted by Gasteiger charge is 2.07. The molecular weight excluding hydrogens is 304 g/mol. The standard InChI is InChI=1S/C15H13ClN4S/c16-13-8-19-14(17)6-12(13)10-3-1-2-9(4-10)5-11-7-20-15(18)21-11/h1-4,6-8H,5H2,(H2,17,19)(H2,18,20). The largest absolute Gasteiger partial charge is 0.384 e. The Morgan fingerprint density at radius 2 is 1.95 bits per heavy atom. The molecule has 0 atom stereocenters. The summed E-state index contributed by atoms with van der Waals surface area (Å²) in [5, 5.41) is 1.18. The average molecular weight is 317 g/mol. The summed E-state index contributed by atoms with van der Waals surface area (Å²) in [6.07, 6.45) is 4.17. The molecule has 0 fully saturated rings. The first-order valence-electron chi connectivity index (χ1n) is 6.32. The third kappa shape index (κ3) is 3.15. The fourth-order valence-electron chi connectivity index (χ4n) is 2.13. The van der Waals surface area contributed by atoms with Crippen LogP contribution in [0.3, 0.4) is 0 Å². The van der Waals surface area contributed by atoms with Crippen LogP contribution >= 0.6 is 22.9 Å². The van der Waals surface area contributed by atoms with Gasteiger partial charge in [-0.15, -0.1) is 11.3 Å². The van der Waals surface area contributed by atoms with Crippen LogP contribution in [0.2, 0.25) is 5.02 Å². The second-order valence-electron chi connectivity index (χ2n) is 4.63. The summed E-state index contributed by atoms with van der Waals surface area (Å²) in [5.74, 6) is 0.454. The Morgan fingerprint density at radius 1 is 1.10 bits per heavy atom. The number of nitrogens with two attached hydrogens (primary N) is 2. The van der Waals surface area contributed by atoms with Crippen LogP contribution in [0.1, 0.15) is 10.4 Å². The average Bonchev–Trinajstić information content (AvgIpc) is 2.87. The maximum absolute atomic E-state index is 6.20. The van der Waals surface area contributed by atoms with Crippen LogP contribution in [-0.2, 0) is 6.42 Å². The number of nitrogens with zero attached hydrogens (tertiary/aromatic N) is 2. The minimum Gasteiger partial charge on any atom is -0.384 e. The van der Waals surface area contributed by atoms with Gasteiger partial charge in [-0.2, -0.15) is 0 Å². The lowest BCUT2D eigenvalue weighted by Crippen LogP contribution is -1.92. The normalized spacial score (nSPS) is 10.7. The molecule has 3 aromatic rings. The summed E-state index contributed by atoms with van der Waals surface area (Å²) >= 11 is 7.70. The van der Waals surface area contributed by atoms with Crippen molar-refractivity contribution in [1.82, 2.24) is 9.97 Å². The summed E-state index contributed by atoms with van der Waals surface area (Å²) < 4.78 is 0. The summed E-state index contributed by atoms with van der Waals surface area (Å²) in [6.45, 7) is 0. The molecule has 0 aliphatic carbocycles. The first-order chi connectivity index (χ1) is 10.1. The monoisotopic (exact) mass is 316 g/mol. The predicted molar refractivity (Wildman–Crippen MR) is 88.4 cm³/mol. The van der Waals surface area contributed by atoms with Gasteiger partial charge >= 0.3 is 0 Å². The highest BCUT2D eigenvalue weighted by Crippen LogP contribution is 2.30. The lowest BCUT2D eigenvalue weighted by molar-refractivity contribution is 1.22. The zero-order chi connectivity index (χ0) is 14.8. The van der Waals surface area contributed by atoms with Crippen molar-refractivity contribution in [3.63, 3.8) is 0 Å². The van der Waals surface area contributed by atoms with Crippen molar-refractivity contribution in [2.75, 3.05) is 11.5 Å². The van der Waals surface area contributed by atoms with Gasteiger partial charge in [0.25, 0.3) is 0 Å². The molecule has 4 N–H and O–H groups in total. The van der Waals surface area contributed by atoms with E-state index >= 15 is 0 Å². The minimum absolute atomic E-state index is 0.454. The van der Waals surface area contributed by atoms with Crippen LogP contribution in [-0.4, -0.2) is 9.97 Å². The number of hydrogen-bond acceptors (Lipinski definition) is 5. The lowest BCUT2D eigenvalue weighted by Gasteiger charge is -2.07. The van der Waals surface area contributed by atoms with E-state index in [-0.39, 0.29) is 0 Å². The van der Waals surface area contributed by atoms with Crippen LogP contribution in [0.5, 0.6) is 0 Å². The third-order valence-electron chi connectivity index (χ3n) is 3.06. The Kier molecular flexibility index (Phi) is 3.77. The minimum atomic E-state index is 0.454. The van der Waals surface area contributed by atoms with Gasteiger partial charge in [-0.25, -0.2) is 9.97 Å². The summed E-state index contributed by atoms with van der Waals surface area (Å²) in [5.41, 5.74) is 14.5. The number of rotatable bonds is 3. The first kappa shape index (κ1) is 13.9. The van der Waals surface area contributed by atoms with Crippen molar-refractivity contribution in [1.29, 1.82) is 0 Å². The van der Waals surface area contributed by atoms with Crippen molar-refractivity contribution < 1.29 is 0 Å². The van der Waals surface area contributed by atoms with Crippen molar-refractivity contribution in [3.05, 3.63) is 58.2 Å². The van der Waals surface area contributed by atoms with Gasteiger partial charge in [0, 0.05) is 29.3 Å². The lowest BCUT2D eigenvalue weighted by atomic mass is 10.0. The molecule has 4 nitrogen and oxygen atoms in total. The van der Waals surface area contributed by atoms with E-state index in [2.05, 4.69) is 22.1 Å². The quantitative estimate of drug-likeness (QED) is 0.773. The zero-order valence-electron chi connectivity index (χ0n) is 11.1. The van der Waals surface area contributed by atoms with Crippen molar-refractivity contribution >= 4 is 33.9 Å². The van der Waals surface area contributed by atoms with E-state index in [1.54, 1.807) is 12.3 Å². The van der Waals surface area contributed by atoms with Crippen LogP contribution < -0.4 is 11.5 Å². The number of benzene rings is 1. The Morgan fingerprint density at radius 3 is 2.71 bits per heavy atom. The van der Waals surface area contributed by atoms with E-state index in [9.17, 15) is 0 Å². The fourth-order valence-corrected chi connectivity index (χ4v) is 3.06. The number of aromatic nitrogens is 2. The molecule has 0 aliphatic heterocycles. The van der Waals surface area contributed by atoms with E-state index in [1.165, 1.54) is 16.9 Å². The summed E-state index contributed by atoms with van der Waals surface area (Å²) in [6, 6.07) is 9.95. The highest BCUT2D eigenvalue weighted by atomic mass is 35.5. The van der Waals surface area contributed by atoms with E-state index in [4.69, 9.17) is 23.1 Å². The van der Waals surface area contributed by atoms with Gasteiger partial charge in [0.05, 0.1) is 5.02 Å². The van der Waals surface area contributed by atoms with E-state index in [1.807, 2.05) is 18.3 Å². The molecule has 2 aromatic heterocycles. The van der Waals surface area contributed by atoms with Crippen molar-refractivity contribution in [2.24, 2.45) is 0 Å². The Hall–Kier alpha value is -2.11. The van der Waals surface area contributed by atoms with Gasteiger partial charge in [-0.1, -0.05) is 35.9 Å². The molecule has 1 aromatic carbocycles. The van der Waals surface area contributed by atoms with Crippen LogP contribution in [0.25, 0.3) is 11.1 Å². The van der Waals surface area contributed by atoms with Gasteiger partial charge < -0.3 is 11.5 Å². The molecule has 0 radical (unpaired) electrons. The molecule has 6 heteroatoms. The molecule has 0 spiro atoms. The second-order valence-corrected chi connectivity index (χ2v) is 6.18. The smallest absolute Gasteiger partial charge is 0.180 e. The molecule has 106 valence electrons. The van der Waals surface area contributed by atoms with Gasteiger partial charge in [0.15, 0.2) is 5.13 Å². The zero-order valence-corrected chi connectivity index (χ0v) is 12.7. The van der Waals surface area contributed by atoms with Crippen LogP contribution in [0.15, 0.2) is 42.7 Å². The molecule has 0 unspecified atom stereocenters. The number of hydrogen-bond donors (Lipinski definition) is 2. The topological polar surface area (TPSA) is 77.8 Å². The predicted octanol–water partition coefficient (Wildman–Crippen LogP) is 3.61. The Bertz CT molecular complexity index is 785. The number of thiazole rings is 1. The van der Waals surface area contributed by atoms with Gasteiger partial charge in [-0.3, -0.25) is 0 Å². The van der Waals surface area contributed by atoms with Gasteiger partial charge in [0.2, 0.25) is 0 Å². The molecule has 0 aliphatic rings. The molecule has 2 heterocycles. The molecule has 0 saturated heterocycles. The highest BCUT2D eigenvalue weighted by molar-refractivity contribution is 7.15. The van der Waals surface area contributed by atoms with Crippen molar-refractivity contribution in [2.45, 2.75) is 6.42 Å². The summed E-state index contributed by atoms with van der Waals surface area (Å²) in [7, 11) is 0. The molecular formula is C15H13ClN4S. The molecule has 21 heavy (non-hydrogen) atoms. The SMILES string of the molecule is Nc1cc(-c2cccc(Cc3cnc(N)s3)c2)c(Cl)cn1. The second kappa shape index (κ2) is 5.71. The third-order valence-corrected chi connectivity index (χ3v) is 4.19. The Labute approximate surface area is 131 Å². The van der Waals surface area contributed by atoms with Gasteiger partial charge in [0.1, 0.15) is 5.82 Å². The van der Waals surface area contributed by atoms with Crippen LogP contribution in [0, 0.1) is 0 Å². The summed E-state index contributed by atoms with van der Waals surface area (Å²) in [4.78, 5) is 9.18. The maximum Gasteiger partial charge on any atom is 0.180 e. The number of anilines is 2. The maximum atomic E-state index is 6.20. The van der Waals surface area contributed by atoms with E-state index < -0.39 is 0 Å². The molecule has 0 bridgehead atoms. The van der Waals surface area contributed by atoms with Gasteiger partial charge in [-0.05, 0) is 17.2 Å². The number of nitrogen functional groups attached to an aromatic ring is 2. The number of halogens is 1. The van der Waals surface area contributed by atoms with Crippen LogP contribution in [0.4, 0.5) is 10.9 Å². The number of pyridine rings is 1. The van der Waals surface area contributed by atoms with E-state index in [0.29, 0.717) is 16.0 Å². The van der Waals surface area contributed by atoms with Crippen molar-refractivity contribution in [3.8, 4) is 11.1 Å². The molecule has 0 amide bonds. The van der Waals surface area contributed by atoms with E-state index in [0.717, 1.165) is 22.4 Å². The fraction of sp³-hybridized carbons (Fsp3) is 0.0667. The Balaban J connectivity index is 1.94.